The minimum absolute atomic E-state index is 0.0729. The largest absolute Gasteiger partial charge is 0.473 e. The number of ether oxygens (including phenoxy) is 1. The van der Waals surface area contributed by atoms with Gasteiger partial charge >= 0.3 is 0 Å². The Hall–Kier alpha value is -0.660. The lowest BCUT2D eigenvalue weighted by atomic mass is 10.4. The highest BCUT2D eigenvalue weighted by atomic mass is 32.1. The van der Waals surface area contributed by atoms with Crippen LogP contribution < -0.4 is 15.4 Å². The molecule has 1 rings (SSSR count). The monoisotopic (exact) mass is 246 g/mol. The Morgan fingerprint density at radius 2 is 2.12 bits per heavy atom. The molecule has 0 fully saturated rings. The maximum absolute atomic E-state index is 8.74. The summed E-state index contributed by atoms with van der Waals surface area (Å²) < 4.78 is 5.65. The Morgan fingerprint density at radius 1 is 1.31 bits per heavy atom. The van der Waals surface area contributed by atoms with Gasteiger partial charge in [0.1, 0.15) is 5.75 Å². The number of hydrogen-bond donors (Lipinski definition) is 4. The van der Waals surface area contributed by atoms with Gasteiger partial charge in [-0.1, -0.05) is 0 Å². The Kier molecular flexibility index (Phi) is 7.11. The molecule has 0 radical (unpaired) electrons. The van der Waals surface area contributed by atoms with Gasteiger partial charge < -0.3 is 20.3 Å². The molecular formula is C10H18N2O3S. The van der Waals surface area contributed by atoms with Crippen LogP contribution in [0.25, 0.3) is 0 Å². The summed E-state index contributed by atoms with van der Waals surface area (Å²) >= 11 is 1.57. The van der Waals surface area contributed by atoms with Crippen LogP contribution in [-0.2, 0) is 0 Å². The van der Waals surface area contributed by atoms with Crippen molar-refractivity contribution in [2.45, 2.75) is 6.23 Å². The minimum Gasteiger partial charge on any atom is -0.473 e. The van der Waals surface area contributed by atoms with E-state index in [1.165, 1.54) is 0 Å². The molecule has 5 nitrogen and oxygen atoms in total. The van der Waals surface area contributed by atoms with Crippen LogP contribution in [0.4, 0.5) is 0 Å². The Labute approximate surface area is 99.1 Å². The van der Waals surface area contributed by atoms with Gasteiger partial charge in [-0.05, 0) is 11.4 Å². The van der Waals surface area contributed by atoms with E-state index < -0.39 is 0 Å². The number of hydrogen-bond acceptors (Lipinski definition) is 6. The molecule has 1 aromatic rings. The van der Waals surface area contributed by atoms with Gasteiger partial charge in [-0.2, -0.15) is 0 Å². The second kappa shape index (κ2) is 8.49. The number of rotatable bonds is 9. The van der Waals surface area contributed by atoms with Crippen molar-refractivity contribution in [2.75, 3.05) is 32.8 Å². The van der Waals surface area contributed by atoms with Crippen LogP contribution in [0.3, 0.4) is 0 Å². The summed E-state index contributed by atoms with van der Waals surface area (Å²) in [5.74, 6) is 0.811. The van der Waals surface area contributed by atoms with E-state index in [1.54, 1.807) is 11.3 Å². The lowest BCUT2D eigenvalue weighted by molar-refractivity contribution is 0.148. The van der Waals surface area contributed by atoms with Crippen molar-refractivity contribution in [3.63, 3.8) is 0 Å². The van der Waals surface area contributed by atoms with E-state index >= 15 is 0 Å². The van der Waals surface area contributed by atoms with Crippen LogP contribution in [0.1, 0.15) is 0 Å². The van der Waals surface area contributed by atoms with Crippen molar-refractivity contribution in [1.29, 1.82) is 0 Å². The smallest absolute Gasteiger partial charge is 0.162 e. The molecule has 0 aliphatic carbocycles. The van der Waals surface area contributed by atoms with Gasteiger partial charge in [-0.3, -0.25) is 5.32 Å². The van der Waals surface area contributed by atoms with Gasteiger partial charge in [0.05, 0.1) is 13.2 Å². The summed E-state index contributed by atoms with van der Waals surface area (Å²) in [6.07, 6.45) is -0.201. The highest BCUT2D eigenvalue weighted by Crippen LogP contribution is 2.15. The van der Waals surface area contributed by atoms with E-state index in [4.69, 9.17) is 14.9 Å². The molecule has 0 aliphatic rings. The lowest BCUT2D eigenvalue weighted by Gasteiger charge is -2.19. The SMILES string of the molecule is OCCNCC(NCCO)Oc1ccsc1. The molecule has 1 heterocycles. The van der Waals surface area contributed by atoms with E-state index in [1.807, 2.05) is 16.8 Å². The van der Waals surface area contributed by atoms with Crippen LogP contribution in [0.15, 0.2) is 16.8 Å². The van der Waals surface area contributed by atoms with Crippen molar-refractivity contribution < 1.29 is 14.9 Å². The third-order valence-corrected chi connectivity index (χ3v) is 2.54. The quantitative estimate of drug-likeness (QED) is 0.353. The molecule has 0 aliphatic heterocycles. The maximum Gasteiger partial charge on any atom is 0.162 e. The molecule has 0 aromatic carbocycles. The summed E-state index contributed by atoms with van der Waals surface area (Å²) in [4.78, 5) is 0. The number of aliphatic hydroxyl groups excluding tert-OH is 2. The summed E-state index contributed by atoms with van der Waals surface area (Å²) in [5, 5.41) is 27.3. The second-order valence-corrected chi connectivity index (χ2v) is 3.95. The fourth-order valence-corrected chi connectivity index (χ4v) is 1.74. The van der Waals surface area contributed by atoms with Crippen LogP contribution in [0, 0.1) is 0 Å². The molecule has 0 saturated carbocycles. The molecule has 0 saturated heterocycles. The second-order valence-electron chi connectivity index (χ2n) is 3.17. The third-order valence-electron chi connectivity index (χ3n) is 1.88. The standard InChI is InChI=1S/C10H18N2O3S/c13-4-2-11-7-10(12-3-5-14)15-9-1-6-16-8-9/h1,6,8,10-14H,2-5,7H2. The van der Waals surface area contributed by atoms with Crippen LogP contribution in [0.2, 0.25) is 0 Å². The molecule has 4 N–H and O–H groups in total. The average Bonchev–Trinajstić information content (AvgIpc) is 2.78. The van der Waals surface area contributed by atoms with Crippen molar-refractivity contribution >= 4 is 11.3 Å². The first-order valence-electron chi connectivity index (χ1n) is 5.21. The first kappa shape index (κ1) is 13.4. The van der Waals surface area contributed by atoms with E-state index in [0.29, 0.717) is 19.6 Å². The fraction of sp³-hybridized carbons (Fsp3) is 0.600. The molecule has 16 heavy (non-hydrogen) atoms. The van der Waals surface area contributed by atoms with Gasteiger partial charge in [0.2, 0.25) is 0 Å². The number of thiophene rings is 1. The first-order chi connectivity index (χ1) is 7.86. The van der Waals surface area contributed by atoms with Gasteiger partial charge in [0.25, 0.3) is 0 Å². The Bertz CT molecular complexity index is 257. The molecule has 92 valence electrons. The molecule has 0 spiro atoms. The topological polar surface area (TPSA) is 73.8 Å². The molecule has 1 aromatic heterocycles. The molecule has 6 heteroatoms. The predicted molar refractivity (Wildman–Crippen MR) is 63.8 cm³/mol. The highest BCUT2D eigenvalue weighted by Gasteiger charge is 2.08. The Balaban J connectivity index is 2.31. The predicted octanol–water partition coefficient (Wildman–Crippen LogP) is -0.383. The summed E-state index contributed by atoms with van der Waals surface area (Å²) in [7, 11) is 0. The maximum atomic E-state index is 8.74. The van der Waals surface area contributed by atoms with Crippen LogP contribution >= 0.6 is 11.3 Å². The molecular weight excluding hydrogens is 228 g/mol. The fourth-order valence-electron chi connectivity index (χ4n) is 1.18. The van der Waals surface area contributed by atoms with E-state index in [2.05, 4.69) is 10.6 Å². The molecule has 1 atom stereocenters. The normalized spacial score (nSPS) is 12.6. The molecule has 0 bridgehead atoms. The van der Waals surface area contributed by atoms with Crippen LogP contribution in [-0.4, -0.2) is 49.3 Å². The highest BCUT2D eigenvalue weighted by molar-refractivity contribution is 7.08. The van der Waals surface area contributed by atoms with E-state index in [0.717, 1.165) is 5.75 Å². The lowest BCUT2D eigenvalue weighted by Crippen LogP contribution is -2.44. The van der Waals surface area contributed by atoms with E-state index in [9.17, 15) is 0 Å². The third kappa shape index (κ3) is 5.43. The molecule has 1 unspecified atom stereocenters. The average molecular weight is 246 g/mol. The van der Waals surface area contributed by atoms with E-state index in [-0.39, 0.29) is 19.4 Å². The first-order valence-corrected chi connectivity index (χ1v) is 6.15. The number of aliphatic hydroxyl groups is 2. The zero-order chi connectivity index (χ0) is 11.6. The van der Waals surface area contributed by atoms with Crippen molar-refractivity contribution in [1.82, 2.24) is 10.6 Å². The van der Waals surface area contributed by atoms with Crippen LogP contribution in [0.5, 0.6) is 5.75 Å². The van der Waals surface area contributed by atoms with Crippen molar-refractivity contribution in [3.8, 4) is 5.75 Å². The van der Waals surface area contributed by atoms with Gasteiger partial charge in [-0.25, -0.2) is 0 Å². The molecule has 0 amide bonds. The van der Waals surface area contributed by atoms with Crippen molar-refractivity contribution in [2.24, 2.45) is 0 Å². The van der Waals surface area contributed by atoms with Gasteiger partial charge in [0, 0.05) is 25.0 Å². The number of nitrogens with one attached hydrogen (secondary N) is 2. The minimum atomic E-state index is -0.201. The zero-order valence-corrected chi connectivity index (χ0v) is 9.87. The summed E-state index contributed by atoms with van der Waals surface area (Å²) in [6.45, 7) is 1.77. The Morgan fingerprint density at radius 3 is 2.75 bits per heavy atom. The summed E-state index contributed by atoms with van der Waals surface area (Å²) in [6, 6.07) is 1.89. The van der Waals surface area contributed by atoms with Gasteiger partial charge in [-0.15, -0.1) is 11.3 Å². The summed E-state index contributed by atoms with van der Waals surface area (Å²) in [5.41, 5.74) is 0. The van der Waals surface area contributed by atoms with Gasteiger partial charge in [0.15, 0.2) is 6.23 Å². The zero-order valence-electron chi connectivity index (χ0n) is 9.06. The van der Waals surface area contributed by atoms with Crippen molar-refractivity contribution in [3.05, 3.63) is 16.8 Å².